The van der Waals surface area contributed by atoms with Gasteiger partial charge in [-0.3, -0.25) is 19.6 Å². The lowest BCUT2D eigenvalue weighted by atomic mass is 9.88. The molecular formula is C26H44N7O5S+. The van der Waals surface area contributed by atoms with E-state index >= 15 is 0 Å². The summed E-state index contributed by atoms with van der Waals surface area (Å²) in [5.41, 5.74) is 10.2. The number of nitrogens with two attached hydrogens (primary N) is 1. The van der Waals surface area contributed by atoms with E-state index in [4.69, 9.17) is 19.9 Å². The molecule has 5 heterocycles. The second-order valence-corrected chi connectivity index (χ2v) is 12.9. The summed E-state index contributed by atoms with van der Waals surface area (Å²) in [5.74, 6) is 0.344. The number of carbonyl (C=O) groups excluding carboxylic acids is 2. The van der Waals surface area contributed by atoms with Gasteiger partial charge in [0, 0.05) is 56.2 Å². The average molecular weight is 567 g/mol. The average Bonchev–Trinajstić information content (AvgIpc) is 3.58. The Morgan fingerprint density at radius 3 is 2.77 bits per heavy atom. The highest BCUT2D eigenvalue weighted by Crippen LogP contribution is 2.38. The number of fused-ring (bicyclic) bond motifs is 1. The normalized spacial score (nSPS) is 43.1. The summed E-state index contributed by atoms with van der Waals surface area (Å²) in [5, 5.41) is 11.0. The number of primary amides is 1. The van der Waals surface area contributed by atoms with Gasteiger partial charge in [-0.1, -0.05) is 18.4 Å². The number of carbonyl (C=O) groups is 2. The number of rotatable bonds is 7. The van der Waals surface area contributed by atoms with Crippen LogP contribution in [0.3, 0.4) is 0 Å². The van der Waals surface area contributed by atoms with Crippen molar-refractivity contribution in [2.45, 2.75) is 92.4 Å². The number of hydrogen-bond donors (Lipinski definition) is 6. The maximum Gasteiger partial charge on any atom is 0.236 e. The van der Waals surface area contributed by atoms with Gasteiger partial charge in [0.25, 0.3) is 0 Å². The number of quaternary nitrogens is 1. The smallest absolute Gasteiger partial charge is 0.236 e. The minimum Gasteiger partial charge on any atom is -0.472 e. The molecule has 1 amide bonds. The highest BCUT2D eigenvalue weighted by atomic mass is 32.2. The molecule has 0 bridgehead atoms. The molecule has 0 radical (unpaired) electrons. The van der Waals surface area contributed by atoms with E-state index < -0.39 is 12.1 Å². The molecule has 1 saturated carbocycles. The van der Waals surface area contributed by atoms with Crippen LogP contribution in [-0.2, 0) is 23.8 Å². The van der Waals surface area contributed by atoms with E-state index in [-0.39, 0.29) is 47.2 Å². The zero-order chi connectivity index (χ0) is 26.9. The van der Waals surface area contributed by atoms with Crippen molar-refractivity contribution in [2.24, 2.45) is 11.7 Å². The van der Waals surface area contributed by atoms with Gasteiger partial charge in [-0.25, -0.2) is 0 Å². The highest BCUT2D eigenvalue weighted by Gasteiger charge is 2.51. The lowest BCUT2D eigenvalue weighted by Gasteiger charge is -2.40. The zero-order valence-electron chi connectivity index (χ0n) is 22.5. The number of amides is 1. The van der Waals surface area contributed by atoms with Gasteiger partial charge in [0.05, 0.1) is 37.3 Å². The topological polar surface area (TPSA) is 167 Å². The van der Waals surface area contributed by atoms with Crippen LogP contribution in [0.5, 0.6) is 0 Å². The van der Waals surface area contributed by atoms with E-state index in [0.717, 1.165) is 25.8 Å². The second kappa shape index (κ2) is 12.2. The third-order valence-corrected chi connectivity index (χ3v) is 10.3. The minimum absolute atomic E-state index is 0.0193. The molecule has 13 heteroatoms. The Kier molecular flexibility index (Phi) is 8.66. The first kappa shape index (κ1) is 27.7. The molecule has 0 spiro atoms. The number of piperidine rings is 1. The summed E-state index contributed by atoms with van der Waals surface area (Å²) in [6.07, 6.45) is 7.21. The van der Waals surface area contributed by atoms with E-state index in [0.29, 0.717) is 50.9 Å². The van der Waals surface area contributed by atoms with Crippen molar-refractivity contribution in [1.82, 2.24) is 25.6 Å². The zero-order valence-corrected chi connectivity index (χ0v) is 23.3. The number of ketones is 1. The molecule has 218 valence electrons. The predicted octanol–water partition coefficient (Wildman–Crippen LogP) is -2.20. The molecule has 0 aromatic carbocycles. The standard InChI is InChI=1S/C26H43N7O5S/c27-16-3-1-2-4-17(16)30-14-9-19(23(26(28)35)29-12-14)31-21-10-18(32-39-21)15-13-37-25-20(34)11-22(38-24(15)25)33-5-7-36-8-6-33/h11,14-19,21,23-25,29-32H,1-10,12-13,27H2,(H2,28,35)/p+1/t14?,15?,16-,17+,18?,19?,21?,23?,24?,25?/m1/s1. The van der Waals surface area contributed by atoms with E-state index in [9.17, 15) is 9.59 Å². The van der Waals surface area contributed by atoms with Gasteiger partial charge in [0.2, 0.25) is 5.91 Å². The highest BCUT2D eigenvalue weighted by molar-refractivity contribution is 7.98. The number of morpholine rings is 1. The fourth-order valence-electron chi connectivity index (χ4n) is 7.05. The first-order valence-corrected chi connectivity index (χ1v) is 15.5. The summed E-state index contributed by atoms with van der Waals surface area (Å²) in [7, 11) is 0. The Labute approximate surface area is 234 Å². The van der Waals surface area contributed by atoms with E-state index in [2.05, 4.69) is 31.3 Å². The van der Waals surface area contributed by atoms with Crippen molar-refractivity contribution >= 4 is 23.6 Å². The molecule has 12 nitrogen and oxygen atoms in total. The summed E-state index contributed by atoms with van der Waals surface area (Å²) in [4.78, 5) is 27.3. The van der Waals surface area contributed by atoms with Gasteiger partial charge in [0.1, 0.15) is 12.1 Å². The monoisotopic (exact) mass is 566 g/mol. The van der Waals surface area contributed by atoms with Crippen molar-refractivity contribution in [2.75, 3.05) is 39.5 Å². The molecule has 6 aliphatic rings. The van der Waals surface area contributed by atoms with E-state index in [1.165, 1.54) is 19.3 Å². The van der Waals surface area contributed by atoms with Crippen LogP contribution in [0.2, 0.25) is 0 Å². The second-order valence-electron chi connectivity index (χ2n) is 11.9. The SMILES string of the molecule is NC(=O)C1NCC(N[C@H]2CCCC[C@H]2[NH3+])CC1NC1CC(C2COC3C(=O)C=C(N4CCOCC4)OC32)NS1. The lowest BCUT2D eigenvalue weighted by Crippen LogP contribution is -2.72. The van der Waals surface area contributed by atoms with Crippen LogP contribution in [0, 0.1) is 5.92 Å². The van der Waals surface area contributed by atoms with Gasteiger partial charge in [-0.05, 0) is 25.7 Å². The lowest BCUT2D eigenvalue weighted by molar-refractivity contribution is -0.431. The van der Waals surface area contributed by atoms with Crippen LogP contribution in [0.25, 0.3) is 0 Å². The Morgan fingerprint density at radius 2 is 1.97 bits per heavy atom. The Hall–Kier alpha value is -1.45. The van der Waals surface area contributed by atoms with Crippen molar-refractivity contribution < 1.29 is 29.5 Å². The quantitative estimate of drug-likeness (QED) is 0.185. The summed E-state index contributed by atoms with van der Waals surface area (Å²) in [6, 6.07) is 0.744. The number of ether oxygens (including phenoxy) is 3. The summed E-state index contributed by atoms with van der Waals surface area (Å²) < 4.78 is 21.4. The molecule has 5 fully saturated rings. The number of nitrogens with zero attached hydrogens (tertiary/aromatic N) is 1. The van der Waals surface area contributed by atoms with E-state index in [1.807, 2.05) is 0 Å². The molecule has 39 heavy (non-hydrogen) atoms. The van der Waals surface area contributed by atoms with Gasteiger partial charge >= 0.3 is 0 Å². The van der Waals surface area contributed by atoms with Crippen molar-refractivity contribution in [3.05, 3.63) is 12.0 Å². The summed E-state index contributed by atoms with van der Waals surface area (Å²) >= 11 is 1.64. The van der Waals surface area contributed by atoms with Gasteiger partial charge in [-0.2, -0.15) is 0 Å². The number of hydrogen-bond acceptors (Lipinski definition) is 11. The minimum atomic E-state index is -0.552. The van der Waals surface area contributed by atoms with Crippen LogP contribution >= 0.6 is 11.9 Å². The molecule has 1 aliphatic carbocycles. The predicted molar refractivity (Wildman–Crippen MR) is 145 cm³/mol. The third kappa shape index (κ3) is 6.10. The maximum absolute atomic E-state index is 12.9. The molecule has 6 rings (SSSR count). The molecule has 9 N–H and O–H groups in total. The molecule has 10 atom stereocenters. The third-order valence-electron chi connectivity index (χ3n) is 9.25. The Morgan fingerprint density at radius 1 is 1.15 bits per heavy atom. The van der Waals surface area contributed by atoms with Gasteiger partial charge < -0.3 is 41.2 Å². The molecule has 8 unspecified atom stereocenters. The van der Waals surface area contributed by atoms with Crippen LogP contribution in [0.15, 0.2) is 12.0 Å². The maximum atomic E-state index is 12.9. The van der Waals surface area contributed by atoms with Crippen LogP contribution in [-0.4, -0.2) is 110 Å². The molecule has 5 aliphatic heterocycles. The Balaban J connectivity index is 1.06. The number of nitrogens with one attached hydrogen (secondary N) is 4. The molecule has 0 aromatic rings. The molecular weight excluding hydrogens is 522 g/mol. The van der Waals surface area contributed by atoms with Crippen molar-refractivity contribution in [3.8, 4) is 0 Å². The van der Waals surface area contributed by atoms with Crippen molar-refractivity contribution in [3.63, 3.8) is 0 Å². The molecule has 0 aromatic heterocycles. The fourth-order valence-corrected chi connectivity index (χ4v) is 8.21. The van der Waals surface area contributed by atoms with E-state index in [1.54, 1.807) is 18.0 Å². The Bertz CT molecular complexity index is 936. The van der Waals surface area contributed by atoms with Gasteiger partial charge in [-0.15, -0.1) is 0 Å². The first-order chi connectivity index (χ1) is 19.0. The summed E-state index contributed by atoms with van der Waals surface area (Å²) in [6.45, 7) is 3.89. The van der Waals surface area contributed by atoms with Crippen LogP contribution < -0.4 is 32.1 Å². The van der Waals surface area contributed by atoms with Crippen molar-refractivity contribution in [1.29, 1.82) is 0 Å². The van der Waals surface area contributed by atoms with Crippen LogP contribution in [0.4, 0.5) is 0 Å². The fraction of sp³-hybridized carbons (Fsp3) is 0.846. The largest absolute Gasteiger partial charge is 0.472 e. The van der Waals surface area contributed by atoms with Crippen LogP contribution in [0.1, 0.15) is 38.5 Å². The molecule has 4 saturated heterocycles. The first-order valence-electron chi connectivity index (χ1n) is 14.6. The van der Waals surface area contributed by atoms with Gasteiger partial charge in [0.15, 0.2) is 17.8 Å².